The van der Waals surface area contributed by atoms with Crippen molar-refractivity contribution >= 4 is 5.69 Å². The zero-order valence-corrected chi connectivity index (χ0v) is 10.5. The quantitative estimate of drug-likeness (QED) is 0.752. The third-order valence-corrected chi connectivity index (χ3v) is 2.31. The van der Waals surface area contributed by atoms with Crippen LogP contribution < -0.4 is 9.64 Å². The van der Waals surface area contributed by atoms with Crippen LogP contribution in [-0.4, -0.2) is 42.6 Å². The third-order valence-electron chi connectivity index (χ3n) is 2.31. The minimum atomic E-state index is 0.0516. The van der Waals surface area contributed by atoms with E-state index >= 15 is 0 Å². The lowest BCUT2D eigenvalue weighted by Crippen LogP contribution is -2.30. The van der Waals surface area contributed by atoms with Crippen molar-refractivity contribution < 1.29 is 14.9 Å². The lowest BCUT2D eigenvalue weighted by Gasteiger charge is -2.26. The van der Waals surface area contributed by atoms with Crippen LogP contribution in [0.15, 0.2) is 24.3 Å². The van der Waals surface area contributed by atoms with E-state index in [-0.39, 0.29) is 19.3 Å². The second-order valence-electron chi connectivity index (χ2n) is 4.07. The van der Waals surface area contributed by atoms with E-state index in [2.05, 4.69) is 0 Å². The Labute approximate surface area is 102 Å². The molecule has 4 nitrogen and oxygen atoms in total. The molecular formula is C13H21NO3. The van der Waals surface area contributed by atoms with Crippen LogP contribution in [0.3, 0.4) is 0 Å². The van der Waals surface area contributed by atoms with E-state index in [0.29, 0.717) is 13.1 Å². The molecular weight excluding hydrogens is 218 g/mol. The van der Waals surface area contributed by atoms with Gasteiger partial charge < -0.3 is 19.8 Å². The Morgan fingerprint density at radius 1 is 1.12 bits per heavy atom. The molecule has 0 unspecified atom stereocenters. The van der Waals surface area contributed by atoms with Gasteiger partial charge in [-0.1, -0.05) is 12.1 Å². The molecule has 0 saturated carbocycles. The highest BCUT2D eigenvalue weighted by Crippen LogP contribution is 2.28. The highest BCUT2D eigenvalue weighted by atomic mass is 16.5. The average Bonchev–Trinajstić information content (AvgIpc) is 2.29. The molecule has 1 aromatic carbocycles. The average molecular weight is 239 g/mol. The van der Waals surface area contributed by atoms with Gasteiger partial charge in [-0.2, -0.15) is 0 Å². The predicted octanol–water partition coefficient (Wildman–Crippen LogP) is 1.26. The van der Waals surface area contributed by atoms with Gasteiger partial charge in [0.15, 0.2) is 0 Å². The van der Waals surface area contributed by atoms with E-state index in [1.807, 2.05) is 43.0 Å². The number of aliphatic hydroxyl groups is 2. The van der Waals surface area contributed by atoms with Crippen molar-refractivity contribution in [1.29, 1.82) is 0 Å². The fourth-order valence-electron chi connectivity index (χ4n) is 1.67. The maximum Gasteiger partial charge on any atom is 0.142 e. The summed E-state index contributed by atoms with van der Waals surface area (Å²) in [6.45, 7) is 5.02. The molecule has 0 aliphatic heterocycles. The number of para-hydroxylation sites is 2. The summed E-state index contributed by atoms with van der Waals surface area (Å²) >= 11 is 0. The topological polar surface area (TPSA) is 52.9 Å². The number of anilines is 1. The second-order valence-corrected chi connectivity index (χ2v) is 4.07. The van der Waals surface area contributed by atoms with Gasteiger partial charge >= 0.3 is 0 Å². The Bertz CT molecular complexity index is 322. The zero-order valence-electron chi connectivity index (χ0n) is 10.5. The first-order valence-electron chi connectivity index (χ1n) is 5.91. The molecule has 0 bridgehead atoms. The van der Waals surface area contributed by atoms with Crippen LogP contribution in [0.4, 0.5) is 5.69 Å². The van der Waals surface area contributed by atoms with Crippen LogP contribution in [0.1, 0.15) is 13.8 Å². The van der Waals surface area contributed by atoms with Crippen molar-refractivity contribution in [3.8, 4) is 5.75 Å². The molecule has 4 heteroatoms. The van der Waals surface area contributed by atoms with Gasteiger partial charge in [-0.05, 0) is 26.0 Å². The van der Waals surface area contributed by atoms with Crippen molar-refractivity contribution in [3.05, 3.63) is 24.3 Å². The first-order chi connectivity index (χ1) is 8.19. The minimum Gasteiger partial charge on any atom is -0.489 e. The van der Waals surface area contributed by atoms with Gasteiger partial charge in [-0.15, -0.1) is 0 Å². The highest BCUT2D eigenvalue weighted by molar-refractivity contribution is 5.58. The van der Waals surface area contributed by atoms with Gasteiger partial charge in [0.05, 0.1) is 25.0 Å². The molecule has 17 heavy (non-hydrogen) atoms. The number of aliphatic hydroxyl groups excluding tert-OH is 2. The van der Waals surface area contributed by atoms with Crippen molar-refractivity contribution in [2.75, 3.05) is 31.2 Å². The van der Waals surface area contributed by atoms with Crippen LogP contribution in [0.2, 0.25) is 0 Å². The van der Waals surface area contributed by atoms with Gasteiger partial charge in [0.25, 0.3) is 0 Å². The standard InChI is InChI=1S/C13H21NO3/c1-11(2)17-13-6-4-3-5-12(13)14(7-9-15)8-10-16/h3-6,11,15-16H,7-10H2,1-2H3. The smallest absolute Gasteiger partial charge is 0.142 e. The highest BCUT2D eigenvalue weighted by Gasteiger charge is 2.11. The molecule has 0 amide bonds. The first-order valence-corrected chi connectivity index (χ1v) is 5.91. The monoisotopic (exact) mass is 239 g/mol. The Hall–Kier alpha value is -1.26. The number of rotatable bonds is 7. The van der Waals surface area contributed by atoms with Crippen molar-refractivity contribution in [1.82, 2.24) is 0 Å². The van der Waals surface area contributed by atoms with Gasteiger partial charge in [0.1, 0.15) is 5.75 Å². The lowest BCUT2D eigenvalue weighted by atomic mass is 10.2. The van der Waals surface area contributed by atoms with Gasteiger partial charge in [0, 0.05) is 13.1 Å². The molecule has 0 fully saturated rings. The summed E-state index contributed by atoms with van der Waals surface area (Å²) in [4.78, 5) is 1.91. The van der Waals surface area contributed by atoms with Gasteiger partial charge in [0.2, 0.25) is 0 Å². The minimum absolute atomic E-state index is 0.0516. The first kappa shape index (κ1) is 13.8. The normalized spacial score (nSPS) is 10.6. The maximum absolute atomic E-state index is 9.03. The van der Waals surface area contributed by atoms with Crippen LogP contribution in [-0.2, 0) is 0 Å². The summed E-state index contributed by atoms with van der Waals surface area (Å²) in [6.07, 6.45) is 0.0984. The second kappa shape index (κ2) is 7.14. The van der Waals surface area contributed by atoms with Crippen molar-refractivity contribution in [3.63, 3.8) is 0 Å². The maximum atomic E-state index is 9.03. The van der Waals surface area contributed by atoms with E-state index in [1.54, 1.807) is 0 Å². The summed E-state index contributed by atoms with van der Waals surface area (Å²) in [6, 6.07) is 7.67. The fraction of sp³-hybridized carbons (Fsp3) is 0.538. The fourth-order valence-corrected chi connectivity index (χ4v) is 1.67. The molecule has 2 N–H and O–H groups in total. The molecule has 0 aliphatic rings. The SMILES string of the molecule is CC(C)Oc1ccccc1N(CCO)CCO. The molecule has 0 aliphatic carbocycles. The Morgan fingerprint density at radius 3 is 2.24 bits per heavy atom. The number of benzene rings is 1. The lowest BCUT2D eigenvalue weighted by molar-refractivity contribution is 0.241. The molecule has 0 atom stereocenters. The largest absolute Gasteiger partial charge is 0.489 e. The van der Waals surface area contributed by atoms with E-state index in [4.69, 9.17) is 14.9 Å². The number of ether oxygens (including phenoxy) is 1. The summed E-state index contributed by atoms with van der Waals surface area (Å²) in [5.74, 6) is 0.782. The van der Waals surface area contributed by atoms with Crippen LogP contribution in [0, 0.1) is 0 Å². The van der Waals surface area contributed by atoms with Crippen molar-refractivity contribution in [2.45, 2.75) is 20.0 Å². The van der Waals surface area contributed by atoms with E-state index < -0.39 is 0 Å². The van der Waals surface area contributed by atoms with E-state index in [1.165, 1.54) is 0 Å². The Morgan fingerprint density at radius 2 is 1.71 bits per heavy atom. The summed E-state index contributed by atoms with van der Waals surface area (Å²) in [5, 5.41) is 18.1. The zero-order chi connectivity index (χ0) is 12.7. The van der Waals surface area contributed by atoms with Gasteiger partial charge in [-0.3, -0.25) is 0 Å². The van der Waals surface area contributed by atoms with E-state index in [9.17, 15) is 0 Å². The Balaban J connectivity index is 2.91. The molecule has 0 heterocycles. The van der Waals surface area contributed by atoms with E-state index in [0.717, 1.165) is 11.4 Å². The molecule has 96 valence electrons. The predicted molar refractivity (Wildman–Crippen MR) is 68.6 cm³/mol. The molecule has 1 aromatic rings. The van der Waals surface area contributed by atoms with Gasteiger partial charge in [-0.25, -0.2) is 0 Å². The summed E-state index contributed by atoms with van der Waals surface area (Å²) in [5.41, 5.74) is 0.907. The third kappa shape index (κ3) is 4.24. The molecule has 0 aromatic heterocycles. The van der Waals surface area contributed by atoms with Crippen LogP contribution in [0.25, 0.3) is 0 Å². The molecule has 1 rings (SSSR count). The molecule has 0 radical (unpaired) electrons. The molecule has 0 saturated heterocycles. The number of nitrogens with zero attached hydrogens (tertiary/aromatic N) is 1. The van der Waals surface area contributed by atoms with Crippen LogP contribution in [0.5, 0.6) is 5.75 Å². The summed E-state index contributed by atoms with van der Waals surface area (Å²) in [7, 11) is 0. The van der Waals surface area contributed by atoms with Crippen molar-refractivity contribution in [2.24, 2.45) is 0 Å². The number of hydrogen-bond donors (Lipinski definition) is 2. The Kier molecular flexibility index (Phi) is 5.80. The molecule has 0 spiro atoms. The van der Waals surface area contributed by atoms with Crippen LogP contribution >= 0.6 is 0 Å². The number of hydrogen-bond acceptors (Lipinski definition) is 4. The summed E-state index contributed by atoms with van der Waals surface area (Å²) < 4.78 is 5.71.